The highest BCUT2D eigenvalue weighted by molar-refractivity contribution is 5.89. The van der Waals surface area contributed by atoms with Crippen LogP contribution in [0.4, 0.5) is 11.4 Å². The number of aliphatic hydroxyl groups is 1. The van der Waals surface area contributed by atoms with Gasteiger partial charge in [-0.15, -0.1) is 0 Å². The van der Waals surface area contributed by atoms with E-state index in [0.29, 0.717) is 18.8 Å². The maximum Gasteiger partial charge on any atom is 0.335 e. The van der Waals surface area contributed by atoms with E-state index in [1.807, 2.05) is 6.92 Å². The van der Waals surface area contributed by atoms with Crippen molar-refractivity contribution in [1.29, 1.82) is 0 Å². The van der Waals surface area contributed by atoms with Crippen molar-refractivity contribution in [1.82, 2.24) is 0 Å². The second kappa shape index (κ2) is 6.06. The van der Waals surface area contributed by atoms with E-state index < -0.39 is 17.0 Å². The van der Waals surface area contributed by atoms with Crippen LogP contribution in [0.25, 0.3) is 0 Å². The number of aliphatic hydroxyl groups excluding tert-OH is 1. The second-order valence-electron chi connectivity index (χ2n) is 4.92. The summed E-state index contributed by atoms with van der Waals surface area (Å²) >= 11 is 0. The van der Waals surface area contributed by atoms with Crippen LogP contribution >= 0.6 is 0 Å². The zero-order valence-electron chi connectivity index (χ0n) is 11.4. The lowest BCUT2D eigenvalue weighted by atomic mass is 10.1. The minimum atomic E-state index is -1.21. The number of anilines is 1. The molecule has 21 heavy (non-hydrogen) atoms. The number of morpholine rings is 1. The number of nitro benzene ring substituents is 1. The summed E-state index contributed by atoms with van der Waals surface area (Å²) in [6, 6.07) is 3.80. The van der Waals surface area contributed by atoms with Crippen molar-refractivity contribution in [3.8, 4) is 0 Å². The highest BCUT2D eigenvalue weighted by Gasteiger charge is 2.29. The Morgan fingerprint density at radius 1 is 1.52 bits per heavy atom. The van der Waals surface area contributed by atoms with Crippen LogP contribution in [0.5, 0.6) is 0 Å². The minimum absolute atomic E-state index is 0.134. The van der Waals surface area contributed by atoms with Gasteiger partial charge < -0.3 is 19.8 Å². The lowest BCUT2D eigenvalue weighted by Gasteiger charge is -2.37. The van der Waals surface area contributed by atoms with Crippen LogP contribution in [0.15, 0.2) is 18.2 Å². The number of nitrogens with zero attached hydrogens (tertiary/aromatic N) is 2. The molecule has 0 aliphatic carbocycles. The van der Waals surface area contributed by atoms with Crippen LogP contribution < -0.4 is 4.90 Å². The number of rotatable bonds is 4. The van der Waals surface area contributed by atoms with E-state index in [0.717, 1.165) is 6.07 Å². The number of carboxylic acid groups (broad SMARTS) is 1. The van der Waals surface area contributed by atoms with Crippen molar-refractivity contribution >= 4 is 17.3 Å². The lowest BCUT2D eigenvalue weighted by Crippen LogP contribution is -2.48. The van der Waals surface area contributed by atoms with Crippen LogP contribution in [0.1, 0.15) is 17.3 Å². The van der Waals surface area contributed by atoms with E-state index in [9.17, 15) is 20.0 Å². The van der Waals surface area contributed by atoms with Crippen molar-refractivity contribution in [2.24, 2.45) is 0 Å². The van der Waals surface area contributed by atoms with Gasteiger partial charge in [-0.05, 0) is 19.1 Å². The highest BCUT2D eigenvalue weighted by Crippen LogP contribution is 2.31. The molecule has 0 saturated carbocycles. The van der Waals surface area contributed by atoms with Gasteiger partial charge in [0.05, 0.1) is 29.3 Å². The molecule has 2 atom stereocenters. The fraction of sp³-hybridized carbons (Fsp3) is 0.462. The predicted octanol–water partition coefficient (Wildman–Crippen LogP) is 0.879. The number of hydrogen-bond acceptors (Lipinski definition) is 6. The lowest BCUT2D eigenvalue weighted by molar-refractivity contribution is -0.384. The number of carboxylic acids is 1. The van der Waals surface area contributed by atoms with Crippen LogP contribution in [0, 0.1) is 10.1 Å². The minimum Gasteiger partial charge on any atom is -0.478 e. The molecule has 0 bridgehead atoms. The van der Waals surface area contributed by atoms with Gasteiger partial charge in [0.15, 0.2) is 0 Å². The van der Waals surface area contributed by atoms with E-state index in [-0.39, 0.29) is 24.0 Å². The molecule has 8 nitrogen and oxygen atoms in total. The molecule has 1 aliphatic heterocycles. The molecule has 1 aromatic carbocycles. The maximum absolute atomic E-state index is 11.2. The number of benzene rings is 1. The van der Waals surface area contributed by atoms with Crippen molar-refractivity contribution in [2.75, 3.05) is 24.6 Å². The Bertz CT molecular complexity index is 562. The van der Waals surface area contributed by atoms with Crippen molar-refractivity contribution in [3.05, 3.63) is 33.9 Å². The first-order chi connectivity index (χ1) is 9.92. The summed E-state index contributed by atoms with van der Waals surface area (Å²) < 4.78 is 5.49. The molecular formula is C13H16N2O6. The second-order valence-corrected chi connectivity index (χ2v) is 4.92. The largest absolute Gasteiger partial charge is 0.478 e. The van der Waals surface area contributed by atoms with Gasteiger partial charge in [-0.25, -0.2) is 4.79 Å². The van der Waals surface area contributed by atoms with Crippen LogP contribution in [0.3, 0.4) is 0 Å². The number of carbonyl (C=O) groups is 1. The van der Waals surface area contributed by atoms with E-state index in [4.69, 9.17) is 9.84 Å². The first-order valence-electron chi connectivity index (χ1n) is 6.45. The summed E-state index contributed by atoms with van der Waals surface area (Å²) in [7, 11) is 0. The topological polar surface area (TPSA) is 113 Å². The molecule has 1 aliphatic rings. The Labute approximate surface area is 120 Å². The normalized spacial score (nSPS) is 22.1. The molecule has 1 saturated heterocycles. The van der Waals surface area contributed by atoms with Gasteiger partial charge >= 0.3 is 5.97 Å². The smallest absolute Gasteiger partial charge is 0.335 e. The zero-order chi connectivity index (χ0) is 15.6. The first-order valence-corrected chi connectivity index (χ1v) is 6.45. The highest BCUT2D eigenvalue weighted by atomic mass is 16.6. The van der Waals surface area contributed by atoms with Crippen LogP contribution in [-0.2, 0) is 4.74 Å². The van der Waals surface area contributed by atoms with E-state index in [2.05, 4.69) is 0 Å². The van der Waals surface area contributed by atoms with Crippen LogP contribution in [-0.4, -0.2) is 53.0 Å². The standard InChI is InChI=1S/C13H16N2O6/c1-8-5-14(6-10(7-16)21-8)11-3-2-9(13(17)18)4-12(11)15(19)20/h2-4,8,10,16H,5-7H2,1H3,(H,17,18). The Hall–Kier alpha value is -2.19. The number of hydrogen-bond donors (Lipinski definition) is 2. The third-order valence-electron chi connectivity index (χ3n) is 3.29. The van der Waals surface area contributed by atoms with Gasteiger partial charge in [-0.3, -0.25) is 10.1 Å². The Balaban J connectivity index is 2.38. The molecule has 0 aromatic heterocycles. The van der Waals surface area contributed by atoms with E-state index in [1.165, 1.54) is 12.1 Å². The molecular weight excluding hydrogens is 280 g/mol. The van der Waals surface area contributed by atoms with Gasteiger partial charge in [0.25, 0.3) is 5.69 Å². The van der Waals surface area contributed by atoms with Crippen LogP contribution in [0.2, 0.25) is 0 Å². The van der Waals surface area contributed by atoms with E-state index >= 15 is 0 Å². The van der Waals surface area contributed by atoms with Gasteiger partial charge in [0.2, 0.25) is 0 Å². The fourth-order valence-electron chi connectivity index (χ4n) is 2.41. The monoisotopic (exact) mass is 296 g/mol. The summed E-state index contributed by atoms with van der Waals surface area (Å²) in [5.41, 5.74) is -0.0650. The molecule has 2 N–H and O–H groups in total. The quantitative estimate of drug-likeness (QED) is 0.626. The first kappa shape index (κ1) is 15.2. The molecule has 114 valence electrons. The van der Waals surface area contributed by atoms with Gasteiger partial charge in [0.1, 0.15) is 5.69 Å². The van der Waals surface area contributed by atoms with Gasteiger partial charge in [0, 0.05) is 19.2 Å². The number of nitro groups is 1. The van der Waals surface area contributed by atoms with Gasteiger partial charge in [-0.2, -0.15) is 0 Å². The average Bonchev–Trinajstić information content (AvgIpc) is 2.45. The molecule has 8 heteroatoms. The number of ether oxygens (including phenoxy) is 1. The van der Waals surface area contributed by atoms with Crippen molar-refractivity contribution in [3.63, 3.8) is 0 Å². The molecule has 1 aromatic rings. The Morgan fingerprint density at radius 2 is 2.24 bits per heavy atom. The summed E-state index contributed by atoms with van der Waals surface area (Å²) in [5.74, 6) is -1.21. The van der Waals surface area contributed by atoms with Crippen molar-refractivity contribution < 1.29 is 24.7 Å². The van der Waals surface area contributed by atoms with Gasteiger partial charge in [-0.1, -0.05) is 0 Å². The molecule has 2 rings (SSSR count). The zero-order valence-corrected chi connectivity index (χ0v) is 11.4. The number of aromatic carboxylic acids is 1. The Kier molecular flexibility index (Phi) is 4.39. The summed E-state index contributed by atoms with van der Waals surface area (Å²) in [4.78, 5) is 23.2. The third-order valence-corrected chi connectivity index (χ3v) is 3.29. The average molecular weight is 296 g/mol. The molecule has 2 unspecified atom stereocenters. The fourth-order valence-corrected chi connectivity index (χ4v) is 2.41. The third kappa shape index (κ3) is 3.29. The maximum atomic E-state index is 11.2. The SMILES string of the molecule is CC1CN(c2ccc(C(=O)O)cc2[N+](=O)[O-])CC(CO)O1. The molecule has 1 fully saturated rings. The summed E-state index contributed by atoms with van der Waals surface area (Å²) in [5, 5.41) is 29.3. The molecule has 0 amide bonds. The predicted molar refractivity (Wildman–Crippen MR) is 73.7 cm³/mol. The summed E-state index contributed by atoms with van der Waals surface area (Å²) in [6.45, 7) is 2.38. The van der Waals surface area contributed by atoms with Crippen molar-refractivity contribution in [2.45, 2.75) is 19.1 Å². The molecule has 1 heterocycles. The molecule has 0 radical (unpaired) electrons. The Morgan fingerprint density at radius 3 is 2.81 bits per heavy atom. The van der Waals surface area contributed by atoms with E-state index in [1.54, 1.807) is 4.90 Å². The summed E-state index contributed by atoms with van der Waals surface area (Å²) in [6.07, 6.45) is -0.609. The molecule has 0 spiro atoms.